The van der Waals surface area contributed by atoms with Crippen molar-refractivity contribution in [3.05, 3.63) is 88.6 Å². The minimum absolute atomic E-state index is 0.178. The van der Waals surface area contributed by atoms with Crippen LogP contribution in [0.1, 0.15) is 23.1 Å². The molecular weight excluding hydrogens is 533 g/mol. The van der Waals surface area contributed by atoms with E-state index in [0.29, 0.717) is 23.1 Å². The third-order valence-corrected chi connectivity index (χ3v) is 7.98. The third kappa shape index (κ3) is 5.26. The van der Waals surface area contributed by atoms with Crippen LogP contribution in [0.5, 0.6) is 5.75 Å². The number of anilines is 1. The highest BCUT2D eigenvalue weighted by atomic mass is 35.5. The predicted octanol–water partition coefficient (Wildman–Crippen LogP) is 5.07. The van der Waals surface area contributed by atoms with Gasteiger partial charge in [-0.15, -0.1) is 0 Å². The summed E-state index contributed by atoms with van der Waals surface area (Å²) in [6.45, 7) is 2.87. The molecule has 40 heavy (non-hydrogen) atoms. The molecule has 0 saturated carbocycles. The number of fused-ring (bicyclic) bond motifs is 1. The number of imide groups is 1. The number of carbonyl (C=O) groups is 2. The quantitative estimate of drug-likeness (QED) is 0.435. The molecule has 2 aromatic carbocycles. The van der Waals surface area contributed by atoms with Crippen molar-refractivity contribution >= 4 is 29.4 Å². The minimum Gasteiger partial charge on any atom is -0.493 e. The Morgan fingerprint density at radius 2 is 2.00 bits per heavy atom. The Kier molecular flexibility index (Phi) is 7.16. The van der Waals surface area contributed by atoms with Crippen LogP contribution < -0.4 is 15.0 Å². The van der Waals surface area contributed by atoms with Crippen molar-refractivity contribution in [1.82, 2.24) is 19.8 Å². The number of hydrogen-bond donors (Lipinski definition) is 1. The molecule has 2 unspecified atom stereocenters. The van der Waals surface area contributed by atoms with Crippen LogP contribution in [0, 0.1) is 5.92 Å². The van der Waals surface area contributed by atoms with E-state index in [1.807, 2.05) is 29.8 Å². The summed E-state index contributed by atoms with van der Waals surface area (Å²) in [6.07, 6.45) is 5.62. The van der Waals surface area contributed by atoms with Crippen molar-refractivity contribution in [3.8, 4) is 17.1 Å². The number of carbonyl (C=O) groups excluding carboxylic acids is 2. The molecule has 8 nitrogen and oxygen atoms in total. The van der Waals surface area contributed by atoms with Gasteiger partial charge in [-0.2, -0.15) is 0 Å². The maximum absolute atomic E-state index is 14.2. The number of amides is 3. The Labute approximate surface area is 236 Å². The number of halogens is 2. The fourth-order valence-corrected chi connectivity index (χ4v) is 5.69. The molecule has 2 atom stereocenters. The lowest BCUT2D eigenvalue weighted by Crippen LogP contribution is -2.50. The van der Waals surface area contributed by atoms with Gasteiger partial charge in [0.1, 0.15) is 23.6 Å². The summed E-state index contributed by atoms with van der Waals surface area (Å²) in [7, 11) is 1.87. The van der Waals surface area contributed by atoms with Gasteiger partial charge in [0, 0.05) is 50.2 Å². The highest BCUT2D eigenvalue weighted by Gasteiger charge is 2.28. The highest BCUT2D eigenvalue weighted by molar-refractivity contribution is 6.30. The van der Waals surface area contributed by atoms with Gasteiger partial charge < -0.3 is 9.30 Å². The van der Waals surface area contributed by atoms with Gasteiger partial charge in [-0.25, -0.2) is 14.2 Å². The van der Waals surface area contributed by atoms with Crippen LogP contribution in [0.3, 0.4) is 0 Å². The van der Waals surface area contributed by atoms with Gasteiger partial charge >= 0.3 is 6.03 Å². The molecule has 3 heterocycles. The number of nitrogens with one attached hydrogen (secondary N) is 1. The number of allylic oxidation sites excluding steroid dienone is 3. The molecule has 206 valence electrons. The summed E-state index contributed by atoms with van der Waals surface area (Å²) >= 11 is 6.19. The Balaban J connectivity index is 1.11. The van der Waals surface area contributed by atoms with Gasteiger partial charge in [0.25, 0.3) is 0 Å². The largest absolute Gasteiger partial charge is 0.493 e. The van der Waals surface area contributed by atoms with E-state index >= 15 is 0 Å². The number of imidazole rings is 1. The maximum Gasteiger partial charge on any atom is 0.329 e. The average Bonchev–Trinajstić information content (AvgIpc) is 3.50. The van der Waals surface area contributed by atoms with E-state index in [-0.39, 0.29) is 18.9 Å². The summed E-state index contributed by atoms with van der Waals surface area (Å²) in [6, 6.07) is 13.8. The molecule has 0 bridgehead atoms. The fraction of sp³-hybridized carbons (Fsp3) is 0.300. The summed E-state index contributed by atoms with van der Waals surface area (Å²) in [5.41, 5.74) is 4.58. The third-order valence-electron chi connectivity index (χ3n) is 7.57. The zero-order valence-corrected chi connectivity index (χ0v) is 22.8. The molecule has 1 fully saturated rings. The molecule has 0 radical (unpaired) electrons. The number of urea groups is 1. The van der Waals surface area contributed by atoms with Crippen molar-refractivity contribution in [3.63, 3.8) is 0 Å². The second kappa shape index (κ2) is 10.9. The van der Waals surface area contributed by atoms with E-state index < -0.39 is 18.1 Å². The van der Waals surface area contributed by atoms with Crippen molar-refractivity contribution in [2.24, 2.45) is 13.0 Å². The molecule has 3 aliphatic rings. The van der Waals surface area contributed by atoms with Crippen LogP contribution in [-0.2, 0) is 31.5 Å². The monoisotopic (exact) mass is 561 g/mol. The summed E-state index contributed by atoms with van der Waals surface area (Å²) in [5, 5.41) is 2.83. The Hall–Kier alpha value is -3.95. The number of aromatic nitrogens is 2. The first kappa shape index (κ1) is 26.3. The first-order valence-electron chi connectivity index (χ1n) is 13.2. The van der Waals surface area contributed by atoms with Crippen LogP contribution in [0.15, 0.2) is 71.9 Å². The molecule has 3 amide bonds. The summed E-state index contributed by atoms with van der Waals surface area (Å²) < 4.78 is 22.0. The van der Waals surface area contributed by atoms with E-state index in [9.17, 15) is 14.0 Å². The molecule has 3 aromatic rings. The Bertz CT molecular complexity index is 1530. The molecule has 2 aliphatic heterocycles. The van der Waals surface area contributed by atoms with Gasteiger partial charge in [0.2, 0.25) is 5.91 Å². The summed E-state index contributed by atoms with van der Waals surface area (Å²) in [5.74, 6) is 1.34. The van der Waals surface area contributed by atoms with Crippen molar-refractivity contribution in [2.45, 2.75) is 32.2 Å². The van der Waals surface area contributed by atoms with Crippen molar-refractivity contribution < 1.29 is 18.7 Å². The van der Waals surface area contributed by atoms with Gasteiger partial charge in [-0.05, 0) is 47.0 Å². The van der Waals surface area contributed by atoms with E-state index in [1.54, 1.807) is 18.3 Å². The van der Waals surface area contributed by atoms with Crippen LogP contribution in [0.4, 0.5) is 15.0 Å². The van der Waals surface area contributed by atoms with E-state index in [2.05, 4.69) is 39.5 Å². The van der Waals surface area contributed by atoms with E-state index in [4.69, 9.17) is 16.3 Å². The van der Waals surface area contributed by atoms with Gasteiger partial charge in [-0.3, -0.25) is 19.9 Å². The Morgan fingerprint density at radius 1 is 1.15 bits per heavy atom. The standard InChI is InChI=1S/C30H29ClFN5O3/c1-35-28(37-11-10-27(38)34-30(37)39)14-33-29(35)20-8-9-21-16-36(17-22(21)13-20)15-19-4-2-5-23(12-19)40-18-24-25(31)6-3-7-26(24)32/h2-9,12-14,24,26H,10-11,15-18H2,1H3,(H,34,38,39). The van der Waals surface area contributed by atoms with Crippen LogP contribution >= 0.6 is 11.6 Å². The maximum atomic E-state index is 14.2. The first-order valence-corrected chi connectivity index (χ1v) is 13.6. The number of alkyl halides is 1. The predicted molar refractivity (Wildman–Crippen MR) is 150 cm³/mol. The molecule has 6 rings (SSSR count). The topological polar surface area (TPSA) is 79.7 Å². The van der Waals surface area contributed by atoms with Crippen LogP contribution in [0.2, 0.25) is 0 Å². The van der Waals surface area contributed by atoms with Crippen molar-refractivity contribution in [1.29, 1.82) is 0 Å². The van der Waals surface area contributed by atoms with Crippen LogP contribution in [-0.4, -0.2) is 45.7 Å². The Morgan fingerprint density at radius 3 is 2.83 bits per heavy atom. The molecular formula is C30H29ClFN5O3. The minimum atomic E-state index is -1.15. The number of hydrogen-bond acceptors (Lipinski definition) is 5. The fourth-order valence-electron chi connectivity index (χ4n) is 5.43. The molecule has 1 N–H and O–H groups in total. The average molecular weight is 562 g/mol. The number of benzene rings is 2. The van der Waals surface area contributed by atoms with E-state index in [1.165, 1.54) is 22.1 Å². The van der Waals surface area contributed by atoms with Gasteiger partial charge in [0.05, 0.1) is 18.7 Å². The first-order chi connectivity index (χ1) is 19.4. The second-order valence-corrected chi connectivity index (χ2v) is 10.8. The number of rotatable bonds is 7. The normalized spacial score (nSPS) is 20.9. The van der Waals surface area contributed by atoms with Crippen molar-refractivity contribution in [2.75, 3.05) is 18.1 Å². The SMILES string of the molecule is Cn1c(N2CCC(=O)NC2=O)cnc1-c1ccc2c(c1)CN(Cc1cccc(OCC3C(Cl)=CC=CC3F)c1)C2. The van der Waals surface area contributed by atoms with E-state index in [0.717, 1.165) is 36.6 Å². The smallest absolute Gasteiger partial charge is 0.329 e. The molecule has 10 heteroatoms. The van der Waals surface area contributed by atoms with Gasteiger partial charge in [-0.1, -0.05) is 41.9 Å². The zero-order valence-electron chi connectivity index (χ0n) is 22.0. The molecule has 1 saturated heterocycles. The number of nitrogens with zero attached hydrogens (tertiary/aromatic N) is 4. The molecule has 1 aromatic heterocycles. The summed E-state index contributed by atoms with van der Waals surface area (Å²) in [4.78, 5) is 32.3. The lowest BCUT2D eigenvalue weighted by molar-refractivity contribution is -0.120. The van der Waals surface area contributed by atoms with Gasteiger partial charge in [0.15, 0.2) is 0 Å². The zero-order chi connectivity index (χ0) is 27.8. The lowest BCUT2D eigenvalue weighted by Gasteiger charge is -2.26. The second-order valence-electron chi connectivity index (χ2n) is 10.3. The number of ether oxygens (including phenoxy) is 1. The molecule has 1 aliphatic carbocycles. The lowest BCUT2D eigenvalue weighted by atomic mass is 9.99. The highest BCUT2D eigenvalue weighted by Crippen LogP contribution is 2.32. The molecule has 0 spiro atoms. The van der Waals surface area contributed by atoms with Crippen LogP contribution in [0.25, 0.3) is 11.4 Å².